The van der Waals surface area contributed by atoms with Crippen LogP contribution in [0.15, 0.2) is 41.3 Å². The molecule has 31 heavy (non-hydrogen) atoms. The highest BCUT2D eigenvalue weighted by Gasteiger charge is 2.36. The molecule has 3 aliphatic rings. The van der Waals surface area contributed by atoms with Crippen molar-refractivity contribution >= 4 is 5.91 Å². The van der Waals surface area contributed by atoms with Crippen LogP contribution in [0.5, 0.6) is 0 Å². The van der Waals surface area contributed by atoms with E-state index < -0.39 is 0 Å². The van der Waals surface area contributed by atoms with Gasteiger partial charge in [0, 0.05) is 64.2 Å². The fourth-order valence-electron chi connectivity index (χ4n) is 5.52. The lowest BCUT2D eigenvalue weighted by molar-refractivity contribution is 0.0349. The van der Waals surface area contributed by atoms with E-state index in [0.717, 1.165) is 50.3 Å². The number of hydrogen-bond donors (Lipinski definition) is 0. The van der Waals surface area contributed by atoms with Crippen LogP contribution in [-0.2, 0) is 17.8 Å². The first-order valence-corrected chi connectivity index (χ1v) is 11.3. The molecule has 3 aliphatic heterocycles. The summed E-state index contributed by atoms with van der Waals surface area (Å²) in [6.07, 6.45) is 4.80. The number of pyridine rings is 2. The lowest BCUT2D eigenvalue weighted by atomic mass is 9.83. The Morgan fingerprint density at radius 1 is 1.13 bits per heavy atom. The number of piperidine rings is 2. The van der Waals surface area contributed by atoms with Gasteiger partial charge < -0.3 is 14.2 Å². The predicted molar refractivity (Wildman–Crippen MR) is 117 cm³/mol. The first kappa shape index (κ1) is 20.4. The number of hydrogen-bond acceptors (Lipinski definition) is 5. The number of carbonyl (C=O) groups is 1. The number of nitrogens with zero attached hydrogens (tertiary/aromatic N) is 4. The quantitative estimate of drug-likeness (QED) is 0.755. The van der Waals surface area contributed by atoms with E-state index in [2.05, 4.69) is 16.0 Å². The van der Waals surface area contributed by atoms with Crippen molar-refractivity contribution < 1.29 is 9.53 Å². The van der Waals surface area contributed by atoms with Gasteiger partial charge in [0.1, 0.15) is 5.56 Å². The lowest BCUT2D eigenvalue weighted by Gasteiger charge is -2.43. The van der Waals surface area contributed by atoms with E-state index in [-0.39, 0.29) is 17.6 Å². The average Bonchev–Trinajstić information content (AvgIpc) is 2.80. The second-order valence-corrected chi connectivity index (χ2v) is 9.13. The third-order valence-electron chi connectivity index (χ3n) is 7.08. The Morgan fingerprint density at radius 2 is 1.97 bits per heavy atom. The predicted octanol–water partition coefficient (Wildman–Crippen LogP) is 2.11. The van der Waals surface area contributed by atoms with Gasteiger partial charge in [-0.25, -0.2) is 0 Å². The Morgan fingerprint density at radius 3 is 2.71 bits per heavy atom. The standard InChI is InChI=1S/C24H30N4O3/c1-31-20-7-10-27(11-8-20)23(29)21-5-6-22-18-12-17(14-28(22)24(21)30)13-26(15-18)16-19-4-2-3-9-25-19/h2-6,9,17-18,20H,7-8,10-16H2,1H3/t17-,18+/m0/s1. The number of likely N-dealkylation sites (tertiary alicyclic amines) is 2. The van der Waals surface area contributed by atoms with Crippen LogP contribution in [0.4, 0.5) is 0 Å². The first-order valence-electron chi connectivity index (χ1n) is 11.3. The van der Waals surface area contributed by atoms with Gasteiger partial charge in [-0.2, -0.15) is 0 Å². The molecule has 2 bridgehead atoms. The summed E-state index contributed by atoms with van der Waals surface area (Å²) in [5.74, 6) is 0.614. The van der Waals surface area contributed by atoms with Gasteiger partial charge in [0.05, 0.1) is 11.8 Å². The molecule has 5 rings (SSSR count). The molecule has 2 fully saturated rings. The molecule has 0 N–H and O–H groups in total. The Labute approximate surface area is 182 Å². The number of rotatable bonds is 4. The highest BCUT2D eigenvalue weighted by molar-refractivity contribution is 5.94. The van der Waals surface area contributed by atoms with Crippen molar-refractivity contribution in [2.24, 2.45) is 5.92 Å². The second kappa shape index (κ2) is 8.55. The fourth-order valence-corrected chi connectivity index (χ4v) is 5.52. The first-order chi connectivity index (χ1) is 15.1. The summed E-state index contributed by atoms with van der Waals surface area (Å²) < 4.78 is 7.28. The molecular weight excluding hydrogens is 392 g/mol. The van der Waals surface area contributed by atoms with Crippen LogP contribution >= 0.6 is 0 Å². The normalized spacial score (nSPS) is 24.1. The molecule has 0 saturated carbocycles. The number of ether oxygens (including phenoxy) is 1. The Bertz CT molecular complexity index is 998. The van der Waals surface area contributed by atoms with E-state index in [1.807, 2.05) is 29.0 Å². The van der Waals surface area contributed by atoms with E-state index in [1.165, 1.54) is 0 Å². The summed E-state index contributed by atoms with van der Waals surface area (Å²) >= 11 is 0. The SMILES string of the molecule is COC1CCN(C(=O)c2ccc3n(c2=O)C[C@H]2C[C@@H]3CN(Cc3ccccn3)C2)CC1. The van der Waals surface area contributed by atoms with Gasteiger partial charge in [0.2, 0.25) is 0 Å². The zero-order chi connectivity index (χ0) is 21.4. The summed E-state index contributed by atoms with van der Waals surface area (Å²) in [4.78, 5) is 35.1. The topological polar surface area (TPSA) is 67.7 Å². The van der Waals surface area contributed by atoms with Gasteiger partial charge in [0.15, 0.2) is 0 Å². The number of methoxy groups -OCH3 is 1. The maximum Gasteiger partial charge on any atom is 0.263 e. The van der Waals surface area contributed by atoms with Crippen LogP contribution in [-0.4, -0.2) is 64.7 Å². The molecule has 2 aromatic rings. The molecule has 2 saturated heterocycles. The fraction of sp³-hybridized carbons (Fsp3) is 0.542. The van der Waals surface area contributed by atoms with Crippen LogP contribution in [0.3, 0.4) is 0 Å². The van der Waals surface area contributed by atoms with E-state index >= 15 is 0 Å². The van der Waals surface area contributed by atoms with Crippen molar-refractivity contribution in [3.8, 4) is 0 Å². The molecule has 0 aliphatic carbocycles. The molecule has 1 amide bonds. The largest absolute Gasteiger partial charge is 0.381 e. The van der Waals surface area contributed by atoms with Crippen LogP contribution in [0.1, 0.15) is 46.9 Å². The molecule has 164 valence electrons. The van der Waals surface area contributed by atoms with E-state index in [4.69, 9.17) is 4.74 Å². The molecule has 7 heteroatoms. The average molecular weight is 423 g/mol. The Balaban J connectivity index is 1.34. The maximum absolute atomic E-state index is 13.3. The number of aromatic nitrogens is 2. The summed E-state index contributed by atoms with van der Waals surface area (Å²) in [6.45, 7) is 4.70. The van der Waals surface area contributed by atoms with Crippen LogP contribution < -0.4 is 5.56 Å². The van der Waals surface area contributed by atoms with E-state index in [1.54, 1.807) is 18.1 Å². The molecule has 2 aromatic heterocycles. The van der Waals surface area contributed by atoms with E-state index in [9.17, 15) is 9.59 Å². The van der Waals surface area contributed by atoms with Crippen molar-refractivity contribution in [1.29, 1.82) is 0 Å². The van der Waals surface area contributed by atoms with E-state index in [0.29, 0.717) is 37.0 Å². The molecule has 0 radical (unpaired) electrons. The molecular formula is C24H30N4O3. The summed E-state index contributed by atoms with van der Waals surface area (Å²) in [6, 6.07) is 9.81. The van der Waals surface area contributed by atoms with Gasteiger partial charge in [-0.05, 0) is 49.4 Å². The van der Waals surface area contributed by atoms with Crippen molar-refractivity contribution in [1.82, 2.24) is 19.4 Å². The smallest absolute Gasteiger partial charge is 0.263 e. The van der Waals surface area contributed by atoms with Gasteiger partial charge in [-0.1, -0.05) is 6.07 Å². The third-order valence-corrected chi connectivity index (χ3v) is 7.08. The monoisotopic (exact) mass is 422 g/mol. The van der Waals surface area contributed by atoms with Gasteiger partial charge in [-0.3, -0.25) is 19.5 Å². The number of carbonyl (C=O) groups excluding carboxylic acids is 1. The minimum Gasteiger partial charge on any atom is -0.381 e. The molecule has 2 atom stereocenters. The minimum atomic E-state index is -0.137. The number of fused-ring (bicyclic) bond motifs is 4. The van der Waals surface area contributed by atoms with Gasteiger partial charge in [-0.15, -0.1) is 0 Å². The summed E-state index contributed by atoms with van der Waals surface area (Å²) in [7, 11) is 1.71. The third kappa shape index (κ3) is 4.04. The minimum absolute atomic E-state index is 0.121. The second-order valence-electron chi connectivity index (χ2n) is 9.13. The van der Waals surface area contributed by atoms with Crippen LogP contribution in [0.25, 0.3) is 0 Å². The van der Waals surface area contributed by atoms with Crippen LogP contribution in [0, 0.1) is 5.92 Å². The molecule has 5 heterocycles. The van der Waals surface area contributed by atoms with Crippen molar-refractivity contribution in [3.63, 3.8) is 0 Å². The molecule has 0 unspecified atom stereocenters. The number of amides is 1. The summed E-state index contributed by atoms with van der Waals surface area (Å²) in [5, 5.41) is 0. The molecule has 0 aromatic carbocycles. The van der Waals surface area contributed by atoms with Crippen molar-refractivity contribution in [2.45, 2.75) is 44.4 Å². The zero-order valence-corrected chi connectivity index (χ0v) is 18.1. The Kier molecular flexibility index (Phi) is 5.63. The lowest BCUT2D eigenvalue weighted by Crippen LogP contribution is -2.48. The highest BCUT2D eigenvalue weighted by atomic mass is 16.5. The highest BCUT2D eigenvalue weighted by Crippen LogP contribution is 2.35. The maximum atomic E-state index is 13.3. The van der Waals surface area contributed by atoms with Crippen LogP contribution in [0.2, 0.25) is 0 Å². The Hall–Kier alpha value is -2.51. The molecule has 7 nitrogen and oxygen atoms in total. The molecule has 0 spiro atoms. The van der Waals surface area contributed by atoms with Crippen molar-refractivity contribution in [2.75, 3.05) is 33.3 Å². The summed E-state index contributed by atoms with van der Waals surface area (Å²) in [5.41, 5.74) is 2.34. The van der Waals surface area contributed by atoms with Gasteiger partial charge >= 0.3 is 0 Å². The zero-order valence-electron chi connectivity index (χ0n) is 18.1. The van der Waals surface area contributed by atoms with Gasteiger partial charge in [0.25, 0.3) is 11.5 Å². The van der Waals surface area contributed by atoms with Crippen molar-refractivity contribution in [3.05, 3.63) is 63.8 Å².